The Bertz CT molecular complexity index is 943. The lowest BCUT2D eigenvalue weighted by molar-refractivity contribution is 0.102. The number of hydrogen-bond acceptors (Lipinski definition) is 5. The Balaban J connectivity index is 1.92. The van der Waals surface area contributed by atoms with Gasteiger partial charge in [0.2, 0.25) is 10.0 Å². The van der Waals surface area contributed by atoms with Gasteiger partial charge in [0.15, 0.2) is 0 Å². The second kappa shape index (κ2) is 8.37. The fourth-order valence-electron chi connectivity index (χ4n) is 2.87. The first kappa shape index (κ1) is 19.8. The van der Waals surface area contributed by atoms with Gasteiger partial charge in [-0.25, -0.2) is 8.42 Å². The molecule has 1 aliphatic rings. The first-order valence-corrected chi connectivity index (χ1v) is 10.8. The van der Waals surface area contributed by atoms with E-state index in [-0.39, 0.29) is 16.6 Å². The summed E-state index contributed by atoms with van der Waals surface area (Å²) in [6.07, 6.45) is 4.70. The summed E-state index contributed by atoms with van der Waals surface area (Å²) >= 11 is 3.27. The van der Waals surface area contributed by atoms with Crippen molar-refractivity contribution in [3.63, 3.8) is 0 Å². The van der Waals surface area contributed by atoms with Crippen LogP contribution in [-0.2, 0) is 10.0 Å². The van der Waals surface area contributed by atoms with Crippen molar-refractivity contribution in [1.82, 2.24) is 9.29 Å². The van der Waals surface area contributed by atoms with Crippen molar-refractivity contribution in [2.24, 2.45) is 0 Å². The molecule has 1 aromatic heterocycles. The molecule has 27 heavy (non-hydrogen) atoms. The number of benzene rings is 1. The average Bonchev–Trinajstić information content (AvgIpc) is 3.18. The van der Waals surface area contributed by atoms with Gasteiger partial charge in [-0.1, -0.05) is 0 Å². The van der Waals surface area contributed by atoms with Crippen LogP contribution in [0.25, 0.3) is 0 Å². The summed E-state index contributed by atoms with van der Waals surface area (Å²) in [5.74, 6) is -0.0935. The van der Waals surface area contributed by atoms with Gasteiger partial charge in [-0.3, -0.25) is 9.78 Å². The van der Waals surface area contributed by atoms with Crippen LogP contribution in [0.1, 0.15) is 30.1 Å². The highest BCUT2D eigenvalue weighted by Gasteiger charge is 2.30. The predicted molar refractivity (Wildman–Crippen MR) is 105 cm³/mol. The first-order chi connectivity index (χ1) is 12.9. The highest BCUT2D eigenvalue weighted by Crippen LogP contribution is 2.31. The lowest BCUT2D eigenvalue weighted by Gasteiger charge is -2.19. The second-order valence-corrected chi connectivity index (χ2v) is 8.87. The Labute approximate surface area is 166 Å². The summed E-state index contributed by atoms with van der Waals surface area (Å²) in [5, 5.41) is 2.72. The molecule has 1 aliphatic heterocycles. The van der Waals surface area contributed by atoms with Crippen molar-refractivity contribution < 1.29 is 17.9 Å². The maximum absolute atomic E-state index is 13.0. The summed E-state index contributed by atoms with van der Waals surface area (Å²) in [7, 11) is -3.68. The first-order valence-electron chi connectivity index (χ1n) is 8.60. The van der Waals surface area contributed by atoms with Gasteiger partial charge in [0.05, 0.1) is 12.2 Å². The molecule has 1 amide bonds. The molecule has 0 bridgehead atoms. The SMILES string of the molecule is CCOc1ccc(NC(=O)c2cncc(Br)c2)cc1S(=O)(=O)N1CCCC1. The number of anilines is 1. The number of nitrogens with zero attached hydrogens (tertiary/aromatic N) is 2. The van der Waals surface area contributed by atoms with E-state index in [1.54, 1.807) is 31.3 Å². The number of sulfonamides is 1. The van der Waals surface area contributed by atoms with Gasteiger partial charge in [0.25, 0.3) is 5.91 Å². The Morgan fingerprint density at radius 3 is 2.67 bits per heavy atom. The second-order valence-electron chi connectivity index (χ2n) is 6.05. The van der Waals surface area contributed by atoms with Crippen LogP contribution in [0, 0.1) is 0 Å². The topological polar surface area (TPSA) is 88.6 Å². The third-order valence-corrected chi connectivity index (χ3v) is 6.50. The quantitative estimate of drug-likeness (QED) is 0.724. The zero-order chi connectivity index (χ0) is 19.4. The van der Waals surface area contributed by atoms with Crippen molar-refractivity contribution >= 4 is 37.5 Å². The highest BCUT2D eigenvalue weighted by atomic mass is 79.9. The summed E-state index contributed by atoms with van der Waals surface area (Å²) in [4.78, 5) is 16.5. The largest absolute Gasteiger partial charge is 0.492 e. The summed E-state index contributed by atoms with van der Waals surface area (Å²) in [6.45, 7) is 3.13. The normalized spacial score (nSPS) is 14.9. The molecule has 0 aliphatic carbocycles. The van der Waals surface area contributed by atoms with Crippen LogP contribution in [-0.4, -0.2) is 43.3 Å². The number of hydrogen-bond donors (Lipinski definition) is 1. The number of aromatic nitrogens is 1. The molecule has 144 valence electrons. The van der Waals surface area contributed by atoms with Gasteiger partial charge in [-0.2, -0.15) is 4.31 Å². The van der Waals surface area contributed by atoms with Gasteiger partial charge in [0, 0.05) is 35.6 Å². The Morgan fingerprint density at radius 1 is 1.26 bits per heavy atom. The van der Waals surface area contributed by atoms with Gasteiger partial charge in [-0.15, -0.1) is 0 Å². The van der Waals surface area contributed by atoms with E-state index in [1.807, 2.05) is 0 Å². The molecular weight excluding hydrogens is 434 g/mol. The summed E-state index contributed by atoms with van der Waals surface area (Å²) in [5.41, 5.74) is 0.739. The van der Waals surface area contributed by atoms with Crippen molar-refractivity contribution in [3.05, 3.63) is 46.7 Å². The molecule has 1 aromatic carbocycles. The third-order valence-electron chi connectivity index (χ3n) is 4.15. The van der Waals surface area contributed by atoms with Gasteiger partial charge >= 0.3 is 0 Å². The van der Waals surface area contributed by atoms with E-state index in [1.165, 1.54) is 16.6 Å². The Kier molecular flexibility index (Phi) is 6.13. The van der Waals surface area contributed by atoms with E-state index in [4.69, 9.17) is 4.74 Å². The third kappa shape index (κ3) is 4.48. The van der Waals surface area contributed by atoms with Crippen LogP contribution in [0.3, 0.4) is 0 Å². The minimum absolute atomic E-state index is 0.0661. The number of amides is 1. The molecule has 0 saturated carbocycles. The van der Waals surface area contributed by atoms with Crippen LogP contribution < -0.4 is 10.1 Å². The van der Waals surface area contributed by atoms with Crippen molar-refractivity contribution in [1.29, 1.82) is 0 Å². The molecular formula is C18H20BrN3O4S. The van der Waals surface area contributed by atoms with E-state index < -0.39 is 10.0 Å². The van der Waals surface area contributed by atoms with E-state index in [0.717, 1.165) is 12.8 Å². The minimum atomic E-state index is -3.68. The van der Waals surface area contributed by atoms with Crippen LogP contribution in [0.2, 0.25) is 0 Å². The molecule has 0 atom stereocenters. The number of carbonyl (C=O) groups excluding carboxylic acids is 1. The molecule has 0 radical (unpaired) electrons. The van der Waals surface area contributed by atoms with E-state index in [9.17, 15) is 13.2 Å². The molecule has 3 rings (SSSR count). The number of nitrogens with one attached hydrogen (secondary N) is 1. The van der Waals surface area contributed by atoms with Gasteiger partial charge in [-0.05, 0) is 60.0 Å². The molecule has 1 saturated heterocycles. The Morgan fingerprint density at radius 2 is 2.00 bits per heavy atom. The van der Waals surface area contributed by atoms with Crippen molar-refractivity contribution in [3.8, 4) is 5.75 Å². The molecule has 0 spiro atoms. The molecule has 7 nitrogen and oxygen atoms in total. The maximum Gasteiger partial charge on any atom is 0.257 e. The molecule has 2 aromatic rings. The Hall–Kier alpha value is -1.97. The lowest BCUT2D eigenvalue weighted by atomic mass is 10.2. The average molecular weight is 454 g/mol. The minimum Gasteiger partial charge on any atom is -0.492 e. The monoisotopic (exact) mass is 453 g/mol. The van der Waals surface area contributed by atoms with Crippen LogP contribution in [0.15, 0.2) is 46.0 Å². The number of rotatable bonds is 6. The fourth-order valence-corrected chi connectivity index (χ4v) is 4.91. The highest BCUT2D eigenvalue weighted by molar-refractivity contribution is 9.10. The fraction of sp³-hybridized carbons (Fsp3) is 0.333. The predicted octanol–water partition coefficient (Wildman–Crippen LogP) is 3.28. The summed E-state index contributed by atoms with van der Waals surface area (Å²) in [6, 6.07) is 6.28. The van der Waals surface area contributed by atoms with Gasteiger partial charge in [0.1, 0.15) is 10.6 Å². The standard InChI is InChI=1S/C18H20BrN3O4S/c1-2-26-16-6-5-15(21-18(23)13-9-14(19)12-20-11-13)10-17(16)27(24,25)22-7-3-4-8-22/h5-6,9-12H,2-4,7-8H2,1H3,(H,21,23). The molecule has 1 fully saturated rings. The zero-order valence-electron chi connectivity index (χ0n) is 14.8. The number of pyridine rings is 1. The number of halogens is 1. The summed E-state index contributed by atoms with van der Waals surface area (Å²) < 4.78 is 33.6. The van der Waals surface area contributed by atoms with Crippen LogP contribution >= 0.6 is 15.9 Å². The molecule has 2 heterocycles. The number of carbonyl (C=O) groups is 1. The van der Waals surface area contributed by atoms with Crippen molar-refractivity contribution in [2.45, 2.75) is 24.7 Å². The molecule has 0 unspecified atom stereocenters. The van der Waals surface area contributed by atoms with E-state index in [0.29, 0.717) is 35.4 Å². The van der Waals surface area contributed by atoms with Gasteiger partial charge < -0.3 is 10.1 Å². The van der Waals surface area contributed by atoms with Crippen molar-refractivity contribution in [2.75, 3.05) is 25.0 Å². The lowest BCUT2D eigenvalue weighted by Crippen LogP contribution is -2.28. The molecule has 1 N–H and O–H groups in total. The zero-order valence-corrected chi connectivity index (χ0v) is 17.2. The smallest absolute Gasteiger partial charge is 0.257 e. The van der Waals surface area contributed by atoms with E-state index >= 15 is 0 Å². The number of ether oxygens (including phenoxy) is 1. The van der Waals surface area contributed by atoms with E-state index in [2.05, 4.69) is 26.2 Å². The molecule has 9 heteroatoms. The van der Waals surface area contributed by atoms with Crippen LogP contribution in [0.4, 0.5) is 5.69 Å². The maximum atomic E-state index is 13.0. The van der Waals surface area contributed by atoms with Crippen LogP contribution in [0.5, 0.6) is 5.75 Å².